The Balaban J connectivity index is 1.52. The molecule has 4 atom stereocenters. The highest BCUT2D eigenvalue weighted by Crippen LogP contribution is 2.61. The molecular formula is C32H34FN3O4Si. The fourth-order valence-electron chi connectivity index (χ4n) is 6.91. The van der Waals surface area contributed by atoms with Crippen LogP contribution in [0.2, 0.25) is 18.6 Å². The lowest BCUT2D eigenvalue weighted by Gasteiger charge is -2.31. The maximum Gasteiger partial charge on any atom is 0.268 e. The van der Waals surface area contributed by atoms with Crippen molar-refractivity contribution in [2.45, 2.75) is 56.5 Å². The van der Waals surface area contributed by atoms with Gasteiger partial charge in [0.2, 0.25) is 14.3 Å². The number of ether oxygens (including phenoxy) is 1. The van der Waals surface area contributed by atoms with Crippen molar-refractivity contribution in [2.75, 3.05) is 16.5 Å². The molecule has 0 radical (unpaired) electrons. The largest absolute Gasteiger partial charge is 0.396 e. The monoisotopic (exact) mass is 571 g/mol. The van der Waals surface area contributed by atoms with E-state index < -0.39 is 31.6 Å². The third-order valence-corrected chi connectivity index (χ3v) is 11.1. The molecule has 3 aliphatic heterocycles. The van der Waals surface area contributed by atoms with Crippen molar-refractivity contribution in [3.8, 4) is 0 Å². The standard InChI is InChI=1S/C32H34FN3O4Si/c1-21-30(41(2,3)33)28(18-19-37)40-32(21)25-20-24(14-16-27(25)35(31(32)39)23-12-8-5-9-13-23)36-29(38)17-15-26(34-36)22-10-6-4-7-11-22/h4-14,16,20-21,28,30,37H,15,17-19H2,1-3H3/t21-,28+,30-,32+/m1/s1. The summed E-state index contributed by atoms with van der Waals surface area (Å²) in [5.74, 6) is -0.927. The number of para-hydroxylation sites is 1. The fourth-order valence-corrected chi connectivity index (χ4v) is 9.46. The second-order valence-corrected chi connectivity index (χ2v) is 15.4. The van der Waals surface area contributed by atoms with Crippen LogP contribution in [0.1, 0.15) is 37.3 Å². The Labute approximate surface area is 240 Å². The van der Waals surface area contributed by atoms with Crippen molar-refractivity contribution in [3.63, 3.8) is 0 Å². The fraction of sp³-hybridized carbons (Fsp3) is 0.344. The number of amides is 2. The second-order valence-electron chi connectivity index (χ2n) is 11.6. The van der Waals surface area contributed by atoms with Gasteiger partial charge in [0.05, 0.1) is 23.2 Å². The maximum atomic E-state index is 15.9. The predicted molar refractivity (Wildman–Crippen MR) is 159 cm³/mol. The zero-order chi connectivity index (χ0) is 28.9. The summed E-state index contributed by atoms with van der Waals surface area (Å²) in [5, 5.41) is 16.0. The predicted octanol–water partition coefficient (Wildman–Crippen LogP) is 6.05. The molecule has 1 fully saturated rings. The van der Waals surface area contributed by atoms with E-state index in [1.54, 1.807) is 24.1 Å². The lowest BCUT2D eigenvalue weighted by Crippen LogP contribution is -2.44. The van der Waals surface area contributed by atoms with Crippen LogP contribution in [-0.2, 0) is 19.9 Å². The smallest absolute Gasteiger partial charge is 0.268 e. The molecule has 1 saturated heterocycles. The Kier molecular flexibility index (Phi) is 6.92. The van der Waals surface area contributed by atoms with Crippen LogP contribution in [0.25, 0.3) is 0 Å². The van der Waals surface area contributed by atoms with Crippen LogP contribution in [0, 0.1) is 5.92 Å². The van der Waals surface area contributed by atoms with E-state index >= 15 is 4.11 Å². The van der Waals surface area contributed by atoms with Gasteiger partial charge in [-0.3, -0.25) is 14.5 Å². The Morgan fingerprint density at radius 3 is 2.34 bits per heavy atom. The summed E-state index contributed by atoms with van der Waals surface area (Å²) in [4.78, 5) is 29.3. The molecule has 0 aliphatic carbocycles. The summed E-state index contributed by atoms with van der Waals surface area (Å²) < 4.78 is 22.5. The molecule has 3 heterocycles. The van der Waals surface area contributed by atoms with Gasteiger partial charge in [-0.15, -0.1) is 0 Å². The summed E-state index contributed by atoms with van der Waals surface area (Å²) in [7, 11) is -3.33. The van der Waals surface area contributed by atoms with Crippen LogP contribution in [0.15, 0.2) is 84.0 Å². The van der Waals surface area contributed by atoms with Gasteiger partial charge in [-0.05, 0) is 55.4 Å². The minimum absolute atomic E-state index is 0.142. The highest BCUT2D eigenvalue weighted by atomic mass is 28.4. The number of halogens is 1. The van der Waals surface area contributed by atoms with E-state index in [9.17, 15) is 14.7 Å². The molecule has 6 rings (SSSR count). The van der Waals surface area contributed by atoms with Crippen molar-refractivity contribution in [1.82, 2.24) is 0 Å². The molecule has 0 bridgehead atoms. The summed E-state index contributed by atoms with van der Waals surface area (Å²) in [6, 6.07) is 24.5. The zero-order valence-electron chi connectivity index (χ0n) is 23.5. The molecule has 3 aromatic rings. The van der Waals surface area contributed by atoms with Crippen molar-refractivity contribution < 1.29 is 23.5 Å². The number of carbonyl (C=O) groups excluding carboxylic acids is 2. The van der Waals surface area contributed by atoms with Gasteiger partial charge in [-0.1, -0.05) is 55.5 Å². The zero-order valence-corrected chi connectivity index (χ0v) is 24.5. The second kappa shape index (κ2) is 10.3. The molecular weight excluding hydrogens is 537 g/mol. The summed E-state index contributed by atoms with van der Waals surface area (Å²) in [5.41, 5.74) is 2.21. The third-order valence-electron chi connectivity index (χ3n) is 8.66. The summed E-state index contributed by atoms with van der Waals surface area (Å²) in [6.07, 6.45) is 0.465. The Hall–Kier alpha value is -3.66. The maximum absolute atomic E-state index is 15.9. The first-order chi connectivity index (χ1) is 19.7. The van der Waals surface area contributed by atoms with E-state index in [0.29, 0.717) is 35.5 Å². The van der Waals surface area contributed by atoms with Gasteiger partial charge in [-0.25, -0.2) is 5.01 Å². The first-order valence-corrected chi connectivity index (χ1v) is 17.1. The van der Waals surface area contributed by atoms with E-state index in [2.05, 4.69) is 0 Å². The Morgan fingerprint density at radius 2 is 1.68 bits per heavy atom. The number of carbonyl (C=O) groups is 2. The van der Waals surface area contributed by atoms with Crippen LogP contribution >= 0.6 is 0 Å². The van der Waals surface area contributed by atoms with Gasteiger partial charge in [-0.2, -0.15) is 5.10 Å². The van der Waals surface area contributed by atoms with Crippen molar-refractivity contribution in [3.05, 3.63) is 90.0 Å². The number of aliphatic hydroxyl groups is 1. The van der Waals surface area contributed by atoms with E-state index in [0.717, 1.165) is 11.3 Å². The Morgan fingerprint density at radius 1 is 1.00 bits per heavy atom. The molecule has 0 aromatic heterocycles. The molecule has 212 valence electrons. The molecule has 7 nitrogen and oxygen atoms in total. The van der Waals surface area contributed by atoms with Crippen molar-refractivity contribution >= 4 is 43.0 Å². The van der Waals surface area contributed by atoms with Gasteiger partial charge in [0.15, 0.2) is 5.60 Å². The lowest BCUT2D eigenvalue weighted by molar-refractivity contribution is -0.145. The molecule has 3 aliphatic rings. The number of hydrogen-bond donors (Lipinski definition) is 1. The quantitative estimate of drug-likeness (QED) is 0.288. The van der Waals surface area contributed by atoms with Crippen molar-refractivity contribution in [2.24, 2.45) is 11.0 Å². The van der Waals surface area contributed by atoms with Crippen LogP contribution in [0.3, 0.4) is 0 Å². The molecule has 1 N–H and O–H groups in total. The van der Waals surface area contributed by atoms with Crippen LogP contribution in [-0.4, -0.2) is 43.8 Å². The number of benzene rings is 3. The number of rotatable bonds is 6. The van der Waals surface area contributed by atoms with Crippen LogP contribution in [0.5, 0.6) is 0 Å². The topological polar surface area (TPSA) is 82.4 Å². The first-order valence-electron chi connectivity index (χ1n) is 14.1. The molecule has 0 unspecified atom stereocenters. The molecule has 2 amide bonds. The highest BCUT2D eigenvalue weighted by Gasteiger charge is 2.67. The van der Waals surface area contributed by atoms with E-state index in [-0.39, 0.29) is 24.8 Å². The number of nitrogens with zero attached hydrogens (tertiary/aromatic N) is 3. The minimum atomic E-state index is -3.33. The molecule has 41 heavy (non-hydrogen) atoms. The number of anilines is 3. The van der Waals surface area contributed by atoms with Gasteiger partial charge in [0.1, 0.15) is 0 Å². The number of fused-ring (bicyclic) bond motifs is 2. The summed E-state index contributed by atoms with van der Waals surface area (Å²) >= 11 is 0. The van der Waals surface area contributed by atoms with Crippen LogP contribution in [0.4, 0.5) is 21.2 Å². The van der Waals surface area contributed by atoms with E-state index in [1.807, 2.05) is 79.7 Å². The molecule has 0 saturated carbocycles. The Bertz CT molecular complexity index is 1510. The number of hydrogen-bond acceptors (Lipinski definition) is 5. The normalized spacial score (nSPS) is 26.1. The van der Waals surface area contributed by atoms with E-state index in [4.69, 9.17) is 9.84 Å². The average molecular weight is 572 g/mol. The lowest BCUT2D eigenvalue weighted by atomic mass is 9.82. The molecule has 3 aromatic carbocycles. The first kappa shape index (κ1) is 27.5. The van der Waals surface area contributed by atoms with E-state index in [1.165, 1.54) is 5.01 Å². The number of aliphatic hydroxyl groups excluding tert-OH is 1. The van der Waals surface area contributed by atoms with Gasteiger partial charge >= 0.3 is 0 Å². The van der Waals surface area contributed by atoms with Gasteiger partial charge in [0.25, 0.3) is 5.91 Å². The molecule has 1 spiro atoms. The van der Waals surface area contributed by atoms with Crippen LogP contribution < -0.4 is 9.91 Å². The molecule has 9 heteroatoms. The number of hydrazone groups is 1. The minimum Gasteiger partial charge on any atom is -0.396 e. The van der Waals surface area contributed by atoms with Gasteiger partial charge in [0, 0.05) is 42.2 Å². The third kappa shape index (κ3) is 4.43. The highest BCUT2D eigenvalue weighted by molar-refractivity contribution is 6.72. The average Bonchev–Trinajstić information content (AvgIpc) is 3.40. The summed E-state index contributed by atoms with van der Waals surface area (Å²) in [6.45, 7) is 4.99. The SMILES string of the molecule is C[C@@H]1[C@@H]([Si](C)(C)F)[C@H](CCO)O[C@@]12C(=O)N(c1ccccc1)c1ccc(N3N=C(c4ccccc4)CCC3=O)cc12. The van der Waals surface area contributed by atoms with Gasteiger partial charge < -0.3 is 14.0 Å². The van der Waals surface area contributed by atoms with Crippen molar-refractivity contribution in [1.29, 1.82) is 0 Å².